The minimum Gasteiger partial charge on any atom is -0.444 e. The van der Waals surface area contributed by atoms with Crippen molar-refractivity contribution in [2.75, 3.05) is 5.73 Å². The second-order valence-corrected chi connectivity index (χ2v) is 5.93. The van der Waals surface area contributed by atoms with E-state index in [2.05, 4.69) is 4.98 Å². The number of para-hydroxylation sites is 1. The predicted molar refractivity (Wildman–Crippen MR) is 87.4 cm³/mol. The summed E-state index contributed by atoms with van der Waals surface area (Å²) in [5.74, 6) is 1.31. The van der Waals surface area contributed by atoms with Crippen molar-refractivity contribution in [2.24, 2.45) is 0 Å². The molecule has 106 valence electrons. The Morgan fingerprint density at radius 1 is 1.10 bits per heavy atom. The Labute approximate surface area is 132 Å². The third kappa shape index (κ3) is 3.40. The van der Waals surface area contributed by atoms with Crippen molar-refractivity contribution in [2.45, 2.75) is 10.6 Å². The molecule has 5 heteroatoms. The summed E-state index contributed by atoms with van der Waals surface area (Å²) in [6.45, 7) is 0. The topological polar surface area (TPSA) is 52.0 Å². The van der Waals surface area contributed by atoms with Crippen LogP contribution in [0, 0.1) is 0 Å². The fraction of sp³-hybridized carbons (Fsp3) is 0.0625. The van der Waals surface area contributed by atoms with E-state index in [0.29, 0.717) is 16.7 Å². The number of anilines is 1. The zero-order valence-electron chi connectivity index (χ0n) is 11.1. The van der Waals surface area contributed by atoms with Crippen molar-refractivity contribution in [3.8, 4) is 11.5 Å². The van der Waals surface area contributed by atoms with E-state index in [1.165, 1.54) is 0 Å². The number of benzene rings is 2. The van der Waals surface area contributed by atoms with Gasteiger partial charge in [0.1, 0.15) is 6.26 Å². The molecule has 3 nitrogen and oxygen atoms in total. The lowest BCUT2D eigenvalue weighted by Gasteiger charge is -2.02. The van der Waals surface area contributed by atoms with Gasteiger partial charge in [-0.25, -0.2) is 4.98 Å². The van der Waals surface area contributed by atoms with E-state index in [4.69, 9.17) is 21.8 Å². The molecular weight excluding hydrogens is 304 g/mol. The molecule has 0 fully saturated rings. The van der Waals surface area contributed by atoms with Crippen molar-refractivity contribution in [1.82, 2.24) is 4.98 Å². The SMILES string of the molecule is Nc1ccccc1SCc1coc(-c2ccc(Cl)cc2)n1. The highest BCUT2D eigenvalue weighted by Crippen LogP contribution is 2.28. The fourth-order valence-electron chi connectivity index (χ4n) is 1.86. The summed E-state index contributed by atoms with van der Waals surface area (Å²) >= 11 is 7.51. The molecule has 21 heavy (non-hydrogen) atoms. The molecule has 3 aromatic rings. The van der Waals surface area contributed by atoms with Gasteiger partial charge in [0.2, 0.25) is 5.89 Å². The Morgan fingerprint density at radius 2 is 1.86 bits per heavy atom. The van der Waals surface area contributed by atoms with Crippen LogP contribution in [-0.2, 0) is 5.75 Å². The number of nitrogens with two attached hydrogens (primary N) is 1. The monoisotopic (exact) mass is 316 g/mol. The lowest BCUT2D eigenvalue weighted by Crippen LogP contribution is -1.88. The summed E-state index contributed by atoms with van der Waals surface area (Å²) in [6, 6.07) is 15.2. The van der Waals surface area contributed by atoms with E-state index >= 15 is 0 Å². The Kier molecular flexibility index (Phi) is 4.18. The quantitative estimate of drug-likeness (QED) is 0.551. The van der Waals surface area contributed by atoms with Crippen LogP contribution in [0.25, 0.3) is 11.5 Å². The van der Waals surface area contributed by atoms with Gasteiger partial charge >= 0.3 is 0 Å². The zero-order valence-corrected chi connectivity index (χ0v) is 12.7. The first-order valence-electron chi connectivity index (χ1n) is 6.40. The first kappa shape index (κ1) is 14.0. The number of rotatable bonds is 4. The molecule has 0 radical (unpaired) electrons. The highest BCUT2D eigenvalue weighted by atomic mass is 35.5. The Bertz CT molecular complexity index is 740. The van der Waals surface area contributed by atoms with Gasteiger partial charge in [0.05, 0.1) is 5.69 Å². The molecular formula is C16H13ClN2OS. The smallest absolute Gasteiger partial charge is 0.226 e. The molecule has 0 aliphatic heterocycles. The van der Waals surface area contributed by atoms with E-state index < -0.39 is 0 Å². The van der Waals surface area contributed by atoms with E-state index in [1.807, 2.05) is 48.5 Å². The van der Waals surface area contributed by atoms with Crippen molar-refractivity contribution < 1.29 is 4.42 Å². The number of halogens is 1. The summed E-state index contributed by atoms with van der Waals surface area (Å²) in [5, 5.41) is 0.695. The maximum atomic E-state index is 5.92. The van der Waals surface area contributed by atoms with Gasteiger partial charge in [-0.2, -0.15) is 0 Å². The van der Waals surface area contributed by atoms with E-state index in [-0.39, 0.29) is 0 Å². The van der Waals surface area contributed by atoms with Gasteiger partial charge in [-0.1, -0.05) is 23.7 Å². The fourth-order valence-corrected chi connectivity index (χ4v) is 2.83. The zero-order chi connectivity index (χ0) is 14.7. The number of aromatic nitrogens is 1. The average molecular weight is 317 g/mol. The minimum atomic E-state index is 0.600. The minimum absolute atomic E-state index is 0.600. The summed E-state index contributed by atoms with van der Waals surface area (Å²) in [5.41, 5.74) is 8.49. The standard InChI is InChI=1S/C16H13ClN2OS/c17-12-7-5-11(6-8-12)16-19-13(9-20-16)10-21-15-4-2-1-3-14(15)18/h1-9H,10,18H2. The first-order valence-corrected chi connectivity index (χ1v) is 7.76. The number of hydrogen-bond donors (Lipinski definition) is 1. The third-order valence-corrected chi connectivity index (χ3v) is 4.31. The van der Waals surface area contributed by atoms with Crippen LogP contribution >= 0.6 is 23.4 Å². The molecule has 0 saturated heterocycles. The van der Waals surface area contributed by atoms with Crippen LogP contribution in [0.3, 0.4) is 0 Å². The molecule has 0 saturated carbocycles. The normalized spacial score (nSPS) is 10.7. The molecule has 0 unspecified atom stereocenters. The number of oxazole rings is 1. The molecule has 0 bridgehead atoms. The number of nitrogen functional groups attached to an aromatic ring is 1. The number of thioether (sulfide) groups is 1. The highest BCUT2D eigenvalue weighted by Gasteiger charge is 2.08. The van der Waals surface area contributed by atoms with Crippen molar-refractivity contribution in [3.63, 3.8) is 0 Å². The lowest BCUT2D eigenvalue weighted by atomic mass is 10.2. The summed E-state index contributed by atoms with van der Waals surface area (Å²) < 4.78 is 5.51. The summed E-state index contributed by atoms with van der Waals surface area (Å²) in [7, 11) is 0. The number of nitrogens with zero attached hydrogens (tertiary/aromatic N) is 1. The maximum absolute atomic E-state index is 5.92. The van der Waals surface area contributed by atoms with Crippen LogP contribution in [0.15, 0.2) is 64.1 Å². The average Bonchev–Trinajstić information content (AvgIpc) is 2.96. The van der Waals surface area contributed by atoms with Gasteiger partial charge in [0.25, 0.3) is 0 Å². The van der Waals surface area contributed by atoms with Gasteiger partial charge in [-0.15, -0.1) is 11.8 Å². The first-order chi connectivity index (χ1) is 10.2. The van der Waals surface area contributed by atoms with Gasteiger partial charge in [-0.3, -0.25) is 0 Å². The van der Waals surface area contributed by atoms with E-state index in [1.54, 1.807) is 18.0 Å². The molecule has 2 aromatic carbocycles. The molecule has 1 heterocycles. The molecule has 0 aliphatic carbocycles. The van der Waals surface area contributed by atoms with Crippen LogP contribution in [0.5, 0.6) is 0 Å². The van der Waals surface area contributed by atoms with Gasteiger partial charge in [0.15, 0.2) is 0 Å². The van der Waals surface area contributed by atoms with Crippen LogP contribution in [-0.4, -0.2) is 4.98 Å². The van der Waals surface area contributed by atoms with Crippen molar-refractivity contribution in [3.05, 3.63) is 65.5 Å². The number of hydrogen-bond acceptors (Lipinski definition) is 4. The van der Waals surface area contributed by atoms with Crippen LogP contribution in [0.4, 0.5) is 5.69 Å². The van der Waals surface area contributed by atoms with Crippen LogP contribution in [0.1, 0.15) is 5.69 Å². The Balaban J connectivity index is 1.71. The molecule has 0 amide bonds. The molecule has 0 spiro atoms. The molecule has 0 atom stereocenters. The maximum Gasteiger partial charge on any atom is 0.226 e. The van der Waals surface area contributed by atoms with Gasteiger partial charge in [-0.05, 0) is 36.4 Å². The predicted octanol–water partition coefficient (Wildman–Crippen LogP) is 4.87. The molecule has 3 rings (SSSR count). The van der Waals surface area contributed by atoms with Crippen molar-refractivity contribution >= 4 is 29.1 Å². The third-order valence-electron chi connectivity index (χ3n) is 2.94. The Morgan fingerprint density at radius 3 is 2.62 bits per heavy atom. The summed E-state index contributed by atoms with van der Waals surface area (Å²) in [6.07, 6.45) is 1.68. The van der Waals surface area contributed by atoms with Gasteiger partial charge < -0.3 is 10.2 Å². The second kappa shape index (κ2) is 6.24. The van der Waals surface area contributed by atoms with E-state index in [0.717, 1.165) is 21.8 Å². The van der Waals surface area contributed by atoms with Crippen molar-refractivity contribution in [1.29, 1.82) is 0 Å². The lowest BCUT2D eigenvalue weighted by molar-refractivity contribution is 0.573. The van der Waals surface area contributed by atoms with Crippen LogP contribution < -0.4 is 5.73 Å². The Hall–Kier alpha value is -1.91. The summed E-state index contributed by atoms with van der Waals surface area (Å²) in [4.78, 5) is 5.53. The van der Waals surface area contributed by atoms with Gasteiger partial charge in [0, 0.05) is 26.9 Å². The van der Waals surface area contributed by atoms with E-state index in [9.17, 15) is 0 Å². The molecule has 0 aliphatic rings. The largest absolute Gasteiger partial charge is 0.444 e. The molecule has 2 N–H and O–H groups in total. The van der Waals surface area contributed by atoms with Crippen LogP contribution in [0.2, 0.25) is 5.02 Å². The molecule has 1 aromatic heterocycles. The second-order valence-electron chi connectivity index (χ2n) is 4.48. The highest BCUT2D eigenvalue weighted by molar-refractivity contribution is 7.98.